The highest BCUT2D eigenvalue weighted by atomic mass is 79.9. The Hall–Kier alpha value is -2.21. The van der Waals surface area contributed by atoms with Crippen molar-refractivity contribution in [2.45, 2.75) is 45.1 Å². The lowest BCUT2D eigenvalue weighted by Gasteiger charge is -2.29. The van der Waals surface area contributed by atoms with E-state index < -0.39 is 11.7 Å². The molecule has 150 valence electrons. The molecule has 0 aromatic heterocycles. The molecular formula is C22H26BrFN2O2. The Kier molecular flexibility index (Phi) is 7.75. The molecule has 0 saturated carbocycles. The van der Waals surface area contributed by atoms with Crippen molar-refractivity contribution in [3.8, 4) is 0 Å². The molecule has 1 atom stereocenters. The summed E-state index contributed by atoms with van der Waals surface area (Å²) in [6.45, 7) is 6.47. The summed E-state index contributed by atoms with van der Waals surface area (Å²) in [5.41, 5.74) is 1.37. The van der Waals surface area contributed by atoms with Gasteiger partial charge in [0.1, 0.15) is 5.82 Å². The third-order valence-corrected chi connectivity index (χ3v) is 5.28. The number of carbonyl (C=O) groups excluding carboxylic acids is 2. The van der Waals surface area contributed by atoms with Crippen molar-refractivity contribution in [3.05, 3.63) is 69.9 Å². The number of hydrogen-bond acceptors (Lipinski definition) is 2. The van der Waals surface area contributed by atoms with Gasteiger partial charge in [0, 0.05) is 23.5 Å². The van der Waals surface area contributed by atoms with Crippen LogP contribution >= 0.6 is 15.9 Å². The van der Waals surface area contributed by atoms with Crippen LogP contribution in [0, 0.1) is 5.82 Å². The summed E-state index contributed by atoms with van der Waals surface area (Å²) in [7, 11) is 0. The van der Waals surface area contributed by atoms with Gasteiger partial charge in [-0.1, -0.05) is 44.2 Å². The maximum absolute atomic E-state index is 13.3. The zero-order chi connectivity index (χ0) is 20.7. The van der Waals surface area contributed by atoms with E-state index in [0.717, 1.165) is 12.5 Å². The highest BCUT2D eigenvalue weighted by molar-refractivity contribution is 9.10. The molecule has 6 heteroatoms. The van der Waals surface area contributed by atoms with Gasteiger partial charge in [-0.25, -0.2) is 4.39 Å². The molecule has 2 amide bonds. The molecule has 2 rings (SSSR count). The predicted molar refractivity (Wildman–Crippen MR) is 113 cm³/mol. The molecule has 0 radical (unpaired) electrons. The minimum Gasteiger partial charge on any atom is -0.354 e. The molecule has 0 bridgehead atoms. The molecule has 0 aliphatic rings. The monoisotopic (exact) mass is 448 g/mol. The van der Waals surface area contributed by atoms with Gasteiger partial charge >= 0.3 is 0 Å². The molecular weight excluding hydrogens is 423 g/mol. The van der Waals surface area contributed by atoms with Crippen molar-refractivity contribution < 1.29 is 14.0 Å². The summed E-state index contributed by atoms with van der Waals surface area (Å²) < 4.78 is 13.8. The fraction of sp³-hybridized carbons (Fsp3) is 0.364. The molecule has 0 saturated heterocycles. The van der Waals surface area contributed by atoms with Crippen LogP contribution in [0.3, 0.4) is 0 Å². The van der Waals surface area contributed by atoms with Crippen LogP contribution in [0.15, 0.2) is 53.0 Å². The van der Waals surface area contributed by atoms with Crippen LogP contribution in [0.25, 0.3) is 0 Å². The second-order valence-electron chi connectivity index (χ2n) is 7.55. The fourth-order valence-corrected chi connectivity index (χ4v) is 3.65. The first-order chi connectivity index (χ1) is 13.2. The number of amides is 2. The van der Waals surface area contributed by atoms with Gasteiger partial charge in [0.2, 0.25) is 5.91 Å². The van der Waals surface area contributed by atoms with Crippen molar-refractivity contribution in [3.63, 3.8) is 0 Å². The van der Waals surface area contributed by atoms with E-state index in [1.807, 2.05) is 25.1 Å². The summed E-state index contributed by atoms with van der Waals surface area (Å²) in [5, 5.41) is 5.63. The zero-order valence-electron chi connectivity index (χ0n) is 16.4. The zero-order valence-corrected chi connectivity index (χ0v) is 18.0. The molecule has 0 fully saturated rings. The summed E-state index contributed by atoms with van der Waals surface area (Å²) in [6.07, 6.45) is 0.958. The van der Waals surface area contributed by atoms with Crippen LogP contribution in [0.4, 0.5) is 4.39 Å². The van der Waals surface area contributed by atoms with E-state index in [-0.39, 0.29) is 35.9 Å². The topological polar surface area (TPSA) is 58.2 Å². The van der Waals surface area contributed by atoms with Crippen LogP contribution in [0.2, 0.25) is 0 Å². The smallest absolute Gasteiger partial charge is 0.252 e. The molecule has 2 N–H and O–H groups in total. The van der Waals surface area contributed by atoms with Crippen LogP contribution in [-0.4, -0.2) is 24.4 Å². The van der Waals surface area contributed by atoms with Crippen LogP contribution in [-0.2, 0) is 10.2 Å². The Morgan fingerprint density at radius 2 is 1.82 bits per heavy atom. The number of carbonyl (C=O) groups is 2. The lowest BCUT2D eigenvalue weighted by atomic mass is 9.79. The average Bonchev–Trinajstić information content (AvgIpc) is 2.63. The first kappa shape index (κ1) is 22.1. The molecule has 1 unspecified atom stereocenters. The van der Waals surface area contributed by atoms with Crippen LogP contribution in [0.5, 0.6) is 0 Å². The molecule has 4 nitrogen and oxygen atoms in total. The Morgan fingerprint density at radius 3 is 2.50 bits per heavy atom. The number of rotatable bonds is 8. The van der Waals surface area contributed by atoms with Crippen molar-refractivity contribution in [1.29, 1.82) is 0 Å². The van der Waals surface area contributed by atoms with Gasteiger partial charge in [0.15, 0.2) is 0 Å². The van der Waals surface area contributed by atoms with Crippen molar-refractivity contribution in [2.24, 2.45) is 0 Å². The quantitative estimate of drug-likeness (QED) is 0.620. The normalized spacial score (nSPS) is 12.3. The third kappa shape index (κ3) is 6.44. The number of nitrogens with one attached hydrogen (secondary N) is 2. The first-order valence-electron chi connectivity index (χ1n) is 9.27. The largest absolute Gasteiger partial charge is 0.354 e. The highest BCUT2D eigenvalue weighted by Crippen LogP contribution is 2.28. The van der Waals surface area contributed by atoms with Crippen LogP contribution in [0.1, 0.15) is 49.5 Å². The Bertz CT molecular complexity index is 825. The second kappa shape index (κ2) is 9.82. The average molecular weight is 449 g/mol. The van der Waals surface area contributed by atoms with Gasteiger partial charge in [0.25, 0.3) is 5.91 Å². The molecule has 0 spiro atoms. The standard InChI is InChI=1S/C22H26BrFN2O2/c1-15(14-22(2,3)16-7-5-4-6-8-16)26-20(27)11-12-25-21(28)18-13-17(24)9-10-19(18)23/h4-10,13,15H,11-12,14H2,1-3H3,(H,25,28)(H,26,27). The van der Waals surface area contributed by atoms with E-state index in [0.29, 0.717) is 4.47 Å². The Morgan fingerprint density at radius 1 is 1.14 bits per heavy atom. The lowest BCUT2D eigenvalue weighted by Crippen LogP contribution is -2.38. The summed E-state index contributed by atoms with van der Waals surface area (Å²) in [4.78, 5) is 24.3. The van der Waals surface area contributed by atoms with E-state index in [4.69, 9.17) is 0 Å². The first-order valence-corrected chi connectivity index (χ1v) is 10.1. The predicted octanol–water partition coefficient (Wildman–Crippen LogP) is 4.58. The van der Waals surface area contributed by atoms with Gasteiger partial charge in [-0.15, -0.1) is 0 Å². The highest BCUT2D eigenvalue weighted by Gasteiger charge is 2.24. The van der Waals surface area contributed by atoms with Gasteiger partial charge < -0.3 is 10.6 Å². The molecule has 2 aromatic rings. The minimum atomic E-state index is -0.485. The van der Waals surface area contributed by atoms with Gasteiger partial charge in [-0.2, -0.15) is 0 Å². The van der Waals surface area contributed by atoms with Crippen LogP contribution < -0.4 is 10.6 Å². The summed E-state index contributed by atoms with van der Waals surface area (Å²) in [6, 6.07) is 14.1. The van der Waals surface area contributed by atoms with Gasteiger partial charge in [-0.3, -0.25) is 9.59 Å². The van der Waals surface area contributed by atoms with Gasteiger partial charge in [0.05, 0.1) is 5.56 Å². The molecule has 2 aromatic carbocycles. The molecule has 0 aliphatic carbocycles. The van der Waals surface area contributed by atoms with E-state index in [2.05, 4.69) is 52.5 Å². The maximum atomic E-state index is 13.3. The van der Waals surface area contributed by atoms with Crippen molar-refractivity contribution in [2.75, 3.05) is 6.54 Å². The third-order valence-electron chi connectivity index (χ3n) is 4.59. The fourth-order valence-electron chi connectivity index (χ4n) is 3.23. The van der Waals surface area contributed by atoms with Crippen molar-refractivity contribution in [1.82, 2.24) is 10.6 Å². The summed E-state index contributed by atoms with van der Waals surface area (Å²) in [5.74, 6) is -1.03. The van der Waals surface area contributed by atoms with E-state index in [1.54, 1.807) is 0 Å². The van der Waals surface area contributed by atoms with E-state index in [9.17, 15) is 14.0 Å². The second-order valence-corrected chi connectivity index (χ2v) is 8.41. The number of halogens is 2. The van der Waals surface area contributed by atoms with Crippen molar-refractivity contribution >= 4 is 27.7 Å². The molecule has 0 aliphatic heterocycles. The Balaban J connectivity index is 1.79. The number of benzene rings is 2. The lowest BCUT2D eigenvalue weighted by molar-refractivity contribution is -0.121. The van der Waals surface area contributed by atoms with E-state index >= 15 is 0 Å². The maximum Gasteiger partial charge on any atom is 0.252 e. The summed E-state index contributed by atoms with van der Waals surface area (Å²) >= 11 is 3.22. The number of hydrogen-bond donors (Lipinski definition) is 2. The Labute approximate surface area is 174 Å². The van der Waals surface area contributed by atoms with E-state index in [1.165, 1.54) is 17.7 Å². The molecule has 0 heterocycles. The van der Waals surface area contributed by atoms with Gasteiger partial charge in [-0.05, 0) is 58.5 Å². The minimum absolute atomic E-state index is 0.00392. The molecule has 28 heavy (non-hydrogen) atoms. The SMILES string of the molecule is CC(CC(C)(C)c1ccccc1)NC(=O)CCNC(=O)c1cc(F)ccc1Br.